The Morgan fingerprint density at radius 2 is 2.31 bits per heavy atom. The normalized spacial score (nSPS) is 18.8. The Kier molecular flexibility index (Phi) is 2.45. The molecule has 1 fully saturated rings. The maximum Gasteiger partial charge on any atom is 0.0496 e. The van der Waals surface area contributed by atoms with Crippen LogP contribution < -0.4 is 5.32 Å². The van der Waals surface area contributed by atoms with Gasteiger partial charge in [0, 0.05) is 24.0 Å². The standard InChI is InChI=1S/C10H15N3/c1-2-13-10(5-8-12-13)9-3-6-11-7-4-9/h2,5,8-9,11H,1,3-4,6-7H2. The minimum Gasteiger partial charge on any atom is -0.317 e. The summed E-state index contributed by atoms with van der Waals surface area (Å²) in [5.41, 5.74) is 1.30. The Morgan fingerprint density at radius 3 is 3.00 bits per heavy atom. The fourth-order valence-corrected chi connectivity index (χ4v) is 1.92. The van der Waals surface area contributed by atoms with Gasteiger partial charge in [-0.25, -0.2) is 4.68 Å². The van der Waals surface area contributed by atoms with E-state index in [4.69, 9.17) is 0 Å². The molecule has 0 spiro atoms. The minimum atomic E-state index is 0.654. The van der Waals surface area contributed by atoms with E-state index in [1.165, 1.54) is 18.5 Å². The van der Waals surface area contributed by atoms with Gasteiger partial charge in [0.2, 0.25) is 0 Å². The second kappa shape index (κ2) is 3.75. The van der Waals surface area contributed by atoms with E-state index >= 15 is 0 Å². The highest BCUT2D eigenvalue weighted by atomic mass is 15.3. The summed E-state index contributed by atoms with van der Waals surface area (Å²) < 4.78 is 1.88. The first-order valence-corrected chi connectivity index (χ1v) is 4.78. The van der Waals surface area contributed by atoms with Crippen molar-refractivity contribution < 1.29 is 0 Å². The van der Waals surface area contributed by atoms with E-state index in [1.54, 1.807) is 6.20 Å². The number of nitrogens with one attached hydrogen (secondary N) is 1. The molecule has 1 saturated heterocycles. The molecule has 0 bridgehead atoms. The van der Waals surface area contributed by atoms with Crippen molar-refractivity contribution >= 4 is 6.20 Å². The summed E-state index contributed by atoms with van der Waals surface area (Å²) in [6.45, 7) is 5.98. The summed E-state index contributed by atoms with van der Waals surface area (Å²) in [5.74, 6) is 0.654. The summed E-state index contributed by atoms with van der Waals surface area (Å²) in [7, 11) is 0. The van der Waals surface area contributed by atoms with Gasteiger partial charge in [-0.2, -0.15) is 5.10 Å². The Labute approximate surface area is 78.4 Å². The highest BCUT2D eigenvalue weighted by Crippen LogP contribution is 2.24. The van der Waals surface area contributed by atoms with Gasteiger partial charge in [0.25, 0.3) is 0 Å². The van der Waals surface area contributed by atoms with Crippen LogP contribution in [0.5, 0.6) is 0 Å². The molecule has 3 heteroatoms. The smallest absolute Gasteiger partial charge is 0.0496 e. The molecule has 1 aromatic rings. The van der Waals surface area contributed by atoms with Crippen molar-refractivity contribution in [3.8, 4) is 0 Å². The molecule has 13 heavy (non-hydrogen) atoms. The van der Waals surface area contributed by atoms with Crippen molar-refractivity contribution in [3.63, 3.8) is 0 Å². The SMILES string of the molecule is C=Cn1nccc1C1CCNCC1. The molecule has 1 aliphatic heterocycles. The maximum atomic E-state index is 4.19. The van der Waals surface area contributed by atoms with Gasteiger partial charge in [0.15, 0.2) is 0 Å². The molecule has 0 saturated carbocycles. The zero-order chi connectivity index (χ0) is 9.10. The third-order valence-corrected chi connectivity index (χ3v) is 2.63. The summed E-state index contributed by atoms with van der Waals surface area (Å²) in [6, 6.07) is 2.09. The topological polar surface area (TPSA) is 29.9 Å². The molecule has 3 nitrogen and oxygen atoms in total. The van der Waals surface area contributed by atoms with Gasteiger partial charge in [-0.15, -0.1) is 0 Å². The van der Waals surface area contributed by atoms with Crippen LogP contribution in [0.15, 0.2) is 18.8 Å². The van der Waals surface area contributed by atoms with Crippen molar-refractivity contribution in [1.29, 1.82) is 0 Å². The van der Waals surface area contributed by atoms with Gasteiger partial charge >= 0.3 is 0 Å². The number of aromatic nitrogens is 2. The average molecular weight is 177 g/mol. The Hall–Kier alpha value is -1.09. The van der Waals surface area contributed by atoms with Crippen molar-refractivity contribution in [3.05, 3.63) is 24.5 Å². The van der Waals surface area contributed by atoms with Crippen LogP contribution in [0.3, 0.4) is 0 Å². The lowest BCUT2D eigenvalue weighted by atomic mass is 9.95. The molecular weight excluding hydrogens is 162 g/mol. The van der Waals surface area contributed by atoms with E-state index in [2.05, 4.69) is 23.1 Å². The first-order valence-electron chi connectivity index (χ1n) is 4.78. The van der Waals surface area contributed by atoms with E-state index in [-0.39, 0.29) is 0 Å². The molecule has 0 amide bonds. The highest BCUT2D eigenvalue weighted by molar-refractivity contribution is 5.22. The Bertz CT molecular complexity index is 284. The van der Waals surface area contributed by atoms with Crippen LogP contribution in [0.25, 0.3) is 6.20 Å². The van der Waals surface area contributed by atoms with Crippen molar-refractivity contribution in [2.75, 3.05) is 13.1 Å². The molecule has 0 radical (unpaired) electrons. The van der Waals surface area contributed by atoms with Gasteiger partial charge in [0.1, 0.15) is 0 Å². The van der Waals surface area contributed by atoms with Gasteiger partial charge in [-0.1, -0.05) is 6.58 Å². The van der Waals surface area contributed by atoms with E-state index < -0.39 is 0 Å². The quantitative estimate of drug-likeness (QED) is 0.741. The van der Waals surface area contributed by atoms with Crippen LogP contribution in [0.2, 0.25) is 0 Å². The first kappa shape index (κ1) is 8.51. The number of hydrogen-bond acceptors (Lipinski definition) is 2. The molecule has 70 valence electrons. The number of rotatable bonds is 2. The van der Waals surface area contributed by atoms with Crippen LogP contribution >= 0.6 is 0 Å². The fourth-order valence-electron chi connectivity index (χ4n) is 1.92. The molecule has 1 aliphatic rings. The molecule has 1 N–H and O–H groups in total. The third kappa shape index (κ3) is 1.65. The molecule has 0 aromatic carbocycles. The Balaban J connectivity index is 2.17. The molecule has 0 aliphatic carbocycles. The zero-order valence-corrected chi connectivity index (χ0v) is 7.74. The predicted octanol–water partition coefficient (Wildman–Crippen LogP) is 1.45. The summed E-state index contributed by atoms with van der Waals surface area (Å²) >= 11 is 0. The predicted molar refractivity (Wildman–Crippen MR) is 53.5 cm³/mol. The van der Waals surface area contributed by atoms with Crippen molar-refractivity contribution in [2.45, 2.75) is 18.8 Å². The summed E-state index contributed by atoms with van der Waals surface area (Å²) in [4.78, 5) is 0. The highest BCUT2D eigenvalue weighted by Gasteiger charge is 2.17. The van der Waals surface area contributed by atoms with Crippen LogP contribution in [0.4, 0.5) is 0 Å². The van der Waals surface area contributed by atoms with E-state index in [1.807, 2.05) is 10.9 Å². The fraction of sp³-hybridized carbons (Fsp3) is 0.500. The summed E-state index contributed by atoms with van der Waals surface area (Å²) in [6.07, 6.45) is 6.04. The summed E-state index contributed by atoms with van der Waals surface area (Å²) in [5, 5.41) is 7.55. The zero-order valence-electron chi connectivity index (χ0n) is 7.74. The van der Waals surface area contributed by atoms with Crippen LogP contribution in [0.1, 0.15) is 24.5 Å². The molecule has 0 atom stereocenters. The molecule has 1 aromatic heterocycles. The molecule has 0 unspecified atom stereocenters. The second-order valence-corrected chi connectivity index (χ2v) is 3.41. The molecule has 2 heterocycles. The third-order valence-electron chi connectivity index (χ3n) is 2.63. The number of piperidine rings is 1. The van der Waals surface area contributed by atoms with Gasteiger partial charge in [-0.05, 0) is 32.0 Å². The van der Waals surface area contributed by atoms with Gasteiger partial charge < -0.3 is 5.32 Å². The van der Waals surface area contributed by atoms with Gasteiger partial charge in [-0.3, -0.25) is 0 Å². The van der Waals surface area contributed by atoms with Crippen molar-refractivity contribution in [1.82, 2.24) is 15.1 Å². The Morgan fingerprint density at radius 1 is 1.54 bits per heavy atom. The monoisotopic (exact) mass is 177 g/mol. The molecule has 2 rings (SSSR count). The van der Waals surface area contributed by atoms with Crippen molar-refractivity contribution in [2.24, 2.45) is 0 Å². The maximum absolute atomic E-state index is 4.19. The van der Waals surface area contributed by atoms with E-state index in [0.717, 1.165) is 13.1 Å². The van der Waals surface area contributed by atoms with Crippen LogP contribution in [-0.2, 0) is 0 Å². The lowest BCUT2D eigenvalue weighted by molar-refractivity contribution is 0.448. The number of hydrogen-bond donors (Lipinski definition) is 1. The van der Waals surface area contributed by atoms with Gasteiger partial charge in [0.05, 0.1) is 0 Å². The minimum absolute atomic E-state index is 0.654. The molecular formula is C10H15N3. The van der Waals surface area contributed by atoms with Crippen LogP contribution in [-0.4, -0.2) is 22.9 Å². The second-order valence-electron chi connectivity index (χ2n) is 3.41. The lowest BCUT2D eigenvalue weighted by Crippen LogP contribution is -2.27. The number of nitrogens with zero attached hydrogens (tertiary/aromatic N) is 2. The van der Waals surface area contributed by atoms with Crippen LogP contribution in [0, 0.1) is 0 Å². The van der Waals surface area contributed by atoms with E-state index in [0.29, 0.717) is 5.92 Å². The van der Waals surface area contributed by atoms with E-state index in [9.17, 15) is 0 Å². The average Bonchev–Trinajstić information content (AvgIpc) is 2.67. The first-order chi connectivity index (χ1) is 6.42. The largest absolute Gasteiger partial charge is 0.317 e. The lowest BCUT2D eigenvalue weighted by Gasteiger charge is -2.22.